The molecular weight excluding hydrogens is 483 g/mol. The number of aliphatic imine (C=N–C) groups is 1. The van der Waals surface area contributed by atoms with Crippen LogP contribution in [0.15, 0.2) is 4.99 Å². The smallest absolute Gasteiger partial charge is 0.216 e. The lowest BCUT2D eigenvalue weighted by Gasteiger charge is -2.38. The van der Waals surface area contributed by atoms with Crippen LogP contribution in [0.25, 0.3) is 0 Å². The Labute approximate surface area is 180 Å². The number of hydrogen-bond donors (Lipinski definition) is 2. The SMILES string of the molecule is CCNC(=NCC1(O)CCC1)N1CCN(S(=O)(=O)CCOC(C)C)CC1.I. The lowest BCUT2D eigenvalue weighted by Crippen LogP contribution is -2.54. The zero-order chi connectivity index (χ0) is 19.2. The number of sulfonamides is 1. The largest absolute Gasteiger partial charge is 0.388 e. The standard InChI is InChI=1S/C17H34N4O4S.HI/c1-4-18-16(19-14-17(22)6-5-7-17)20-8-10-21(11-9-20)26(23,24)13-12-25-15(2)3;/h15,22H,4-14H2,1-3H3,(H,18,19);1H. The van der Waals surface area contributed by atoms with Crippen molar-refractivity contribution in [2.45, 2.75) is 51.7 Å². The van der Waals surface area contributed by atoms with E-state index in [1.807, 2.05) is 20.8 Å². The summed E-state index contributed by atoms with van der Waals surface area (Å²) in [6, 6.07) is 0. The van der Waals surface area contributed by atoms with Crippen LogP contribution in [0.5, 0.6) is 0 Å². The number of rotatable bonds is 8. The number of ether oxygens (including phenoxy) is 1. The molecule has 160 valence electrons. The summed E-state index contributed by atoms with van der Waals surface area (Å²) in [7, 11) is -3.29. The summed E-state index contributed by atoms with van der Waals surface area (Å²) in [6.07, 6.45) is 2.70. The summed E-state index contributed by atoms with van der Waals surface area (Å²) in [5.74, 6) is 0.778. The van der Waals surface area contributed by atoms with Crippen LogP contribution in [-0.2, 0) is 14.8 Å². The van der Waals surface area contributed by atoms with Crippen molar-refractivity contribution in [2.75, 3.05) is 51.6 Å². The number of guanidine groups is 1. The van der Waals surface area contributed by atoms with Crippen molar-refractivity contribution in [3.63, 3.8) is 0 Å². The molecule has 1 saturated carbocycles. The van der Waals surface area contributed by atoms with Crippen LogP contribution in [-0.4, -0.2) is 92.0 Å². The fourth-order valence-electron chi connectivity index (χ4n) is 3.09. The van der Waals surface area contributed by atoms with Crippen LogP contribution in [0.3, 0.4) is 0 Å². The molecule has 2 fully saturated rings. The fourth-order valence-corrected chi connectivity index (χ4v) is 4.37. The fraction of sp³-hybridized carbons (Fsp3) is 0.941. The molecule has 1 aliphatic heterocycles. The average Bonchev–Trinajstić information content (AvgIpc) is 2.56. The van der Waals surface area contributed by atoms with E-state index in [-0.39, 0.29) is 42.4 Å². The minimum atomic E-state index is -3.29. The molecule has 1 heterocycles. The minimum Gasteiger partial charge on any atom is -0.388 e. The van der Waals surface area contributed by atoms with Crippen LogP contribution >= 0.6 is 24.0 Å². The second-order valence-electron chi connectivity index (χ2n) is 7.37. The van der Waals surface area contributed by atoms with E-state index in [9.17, 15) is 13.5 Å². The summed E-state index contributed by atoms with van der Waals surface area (Å²) < 4.78 is 31.8. The molecule has 0 atom stereocenters. The van der Waals surface area contributed by atoms with Gasteiger partial charge < -0.3 is 20.1 Å². The zero-order valence-electron chi connectivity index (χ0n) is 16.7. The second-order valence-corrected chi connectivity index (χ2v) is 9.46. The number of halogens is 1. The molecule has 2 N–H and O–H groups in total. The van der Waals surface area contributed by atoms with Gasteiger partial charge in [-0.3, -0.25) is 4.99 Å². The molecule has 0 radical (unpaired) electrons. The van der Waals surface area contributed by atoms with Crippen molar-refractivity contribution in [1.29, 1.82) is 0 Å². The first kappa shape index (κ1) is 24.9. The highest BCUT2D eigenvalue weighted by atomic mass is 127. The Hall–Kier alpha value is -0.170. The third kappa shape index (κ3) is 7.64. The summed E-state index contributed by atoms with van der Waals surface area (Å²) in [4.78, 5) is 6.65. The molecule has 0 amide bonds. The monoisotopic (exact) mass is 518 g/mol. The van der Waals surface area contributed by atoms with E-state index in [1.165, 1.54) is 4.31 Å². The van der Waals surface area contributed by atoms with Crippen LogP contribution in [0.2, 0.25) is 0 Å². The molecule has 0 spiro atoms. The zero-order valence-corrected chi connectivity index (χ0v) is 19.8. The van der Waals surface area contributed by atoms with Gasteiger partial charge in [0.2, 0.25) is 10.0 Å². The molecule has 10 heteroatoms. The molecule has 1 aliphatic carbocycles. The van der Waals surface area contributed by atoms with Gasteiger partial charge in [-0.25, -0.2) is 8.42 Å². The molecule has 0 aromatic rings. The van der Waals surface area contributed by atoms with Crippen LogP contribution in [0.1, 0.15) is 40.0 Å². The van der Waals surface area contributed by atoms with E-state index < -0.39 is 15.6 Å². The first-order chi connectivity index (χ1) is 12.3. The maximum absolute atomic E-state index is 12.4. The third-order valence-electron chi connectivity index (χ3n) is 4.87. The van der Waals surface area contributed by atoms with Gasteiger partial charge in [0.25, 0.3) is 0 Å². The van der Waals surface area contributed by atoms with Gasteiger partial charge in [-0.1, -0.05) is 0 Å². The van der Waals surface area contributed by atoms with Gasteiger partial charge in [-0.15, -0.1) is 24.0 Å². The van der Waals surface area contributed by atoms with E-state index in [2.05, 4.69) is 15.2 Å². The Morgan fingerprint density at radius 3 is 2.37 bits per heavy atom. The number of hydrogen-bond acceptors (Lipinski definition) is 5. The Morgan fingerprint density at radius 2 is 1.89 bits per heavy atom. The third-order valence-corrected chi connectivity index (χ3v) is 6.70. The first-order valence-corrected chi connectivity index (χ1v) is 11.2. The van der Waals surface area contributed by atoms with Gasteiger partial charge >= 0.3 is 0 Å². The Balaban J connectivity index is 0.00000364. The lowest BCUT2D eigenvalue weighted by atomic mass is 9.80. The highest BCUT2D eigenvalue weighted by Crippen LogP contribution is 2.31. The molecule has 0 bridgehead atoms. The number of nitrogens with zero attached hydrogens (tertiary/aromatic N) is 3. The Morgan fingerprint density at radius 1 is 1.26 bits per heavy atom. The predicted octanol–water partition coefficient (Wildman–Crippen LogP) is 0.857. The number of piperazine rings is 1. The van der Waals surface area contributed by atoms with Gasteiger partial charge in [0, 0.05) is 32.7 Å². The normalized spacial score (nSPS) is 20.9. The van der Waals surface area contributed by atoms with Gasteiger partial charge in [0.1, 0.15) is 0 Å². The van der Waals surface area contributed by atoms with Crippen molar-refractivity contribution in [2.24, 2.45) is 4.99 Å². The van der Waals surface area contributed by atoms with Gasteiger partial charge in [0.05, 0.1) is 30.6 Å². The van der Waals surface area contributed by atoms with Gasteiger partial charge in [0.15, 0.2) is 5.96 Å². The topological polar surface area (TPSA) is 94.5 Å². The maximum atomic E-state index is 12.4. The van der Waals surface area contributed by atoms with Crippen molar-refractivity contribution >= 4 is 40.0 Å². The predicted molar refractivity (Wildman–Crippen MR) is 118 cm³/mol. The second kappa shape index (κ2) is 11.1. The Bertz CT molecular complexity index is 573. The quantitative estimate of drug-likeness (QED) is 0.281. The van der Waals surface area contributed by atoms with Gasteiger partial charge in [-0.05, 0) is 40.0 Å². The van der Waals surface area contributed by atoms with E-state index in [4.69, 9.17) is 4.74 Å². The summed E-state index contributed by atoms with van der Waals surface area (Å²) in [6.45, 7) is 9.23. The highest BCUT2D eigenvalue weighted by Gasteiger charge is 2.34. The molecule has 1 saturated heterocycles. The molecular formula is C17H35IN4O4S. The van der Waals surface area contributed by atoms with Crippen molar-refractivity contribution in [3.8, 4) is 0 Å². The molecule has 0 unspecified atom stereocenters. The molecule has 27 heavy (non-hydrogen) atoms. The number of aliphatic hydroxyl groups is 1. The van der Waals surface area contributed by atoms with Crippen LogP contribution in [0.4, 0.5) is 0 Å². The van der Waals surface area contributed by atoms with Crippen molar-refractivity contribution in [1.82, 2.24) is 14.5 Å². The molecule has 8 nitrogen and oxygen atoms in total. The van der Waals surface area contributed by atoms with Crippen molar-refractivity contribution in [3.05, 3.63) is 0 Å². The summed E-state index contributed by atoms with van der Waals surface area (Å²) in [5, 5.41) is 13.5. The summed E-state index contributed by atoms with van der Waals surface area (Å²) in [5.41, 5.74) is -0.651. The van der Waals surface area contributed by atoms with E-state index in [1.54, 1.807) is 0 Å². The lowest BCUT2D eigenvalue weighted by molar-refractivity contribution is -0.0238. The molecule has 0 aromatic heterocycles. The highest BCUT2D eigenvalue weighted by molar-refractivity contribution is 14.0. The van der Waals surface area contributed by atoms with Crippen molar-refractivity contribution < 1.29 is 18.3 Å². The minimum absolute atomic E-state index is 0. The summed E-state index contributed by atoms with van der Waals surface area (Å²) >= 11 is 0. The molecule has 2 aliphatic rings. The van der Waals surface area contributed by atoms with E-state index in [0.717, 1.165) is 31.8 Å². The van der Waals surface area contributed by atoms with E-state index >= 15 is 0 Å². The van der Waals surface area contributed by atoms with Gasteiger partial charge in [-0.2, -0.15) is 4.31 Å². The van der Waals surface area contributed by atoms with E-state index in [0.29, 0.717) is 32.7 Å². The first-order valence-electron chi connectivity index (χ1n) is 9.61. The average molecular weight is 518 g/mol. The number of nitrogens with one attached hydrogen (secondary N) is 1. The molecule has 2 rings (SSSR count). The Kier molecular flexibility index (Phi) is 10.2. The molecule has 0 aromatic carbocycles. The van der Waals surface area contributed by atoms with Crippen LogP contribution < -0.4 is 5.32 Å². The maximum Gasteiger partial charge on any atom is 0.216 e. The van der Waals surface area contributed by atoms with Crippen LogP contribution in [0, 0.1) is 0 Å².